The van der Waals surface area contributed by atoms with E-state index in [0.717, 1.165) is 28.6 Å². The molecule has 0 atom stereocenters. The smallest absolute Gasteiger partial charge is 0.323 e. The van der Waals surface area contributed by atoms with Gasteiger partial charge in [-0.25, -0.2) is 4.79 Å². The number of carboxylic acid groups (broad SMARTS) is 1. The van der Waals surface area contributed by atoms with E-state index >= 15 is 0 Å². The molecule has 6 nitrogen and oxygen atoms in total. The summed E-state index contributed by atoms with van der Waals surface area (Å²) < 4.78 is 1.87. The maximum Gasteiger partial charge on any atom is 0.323 e. The number of fused-ring (bicyclic) bond motifs is 3. The van der Waals surface area contributed by atoms with Crippen LogP contribution in [0.2, 0.25) is 0 Å². The monoisotopic (exact) mass is 377 g/mol. The molecule has 0 unspecified atom stereocenters. The van der Waals surface area contributed by atoms with Crippen molar-refractivity contribution in [1.82, 2.24) is 14.8 Å². The molecule has 0 bridgehead atoms. The molecule has 0 saturated carbocycles. The van der Waals surface area contributed by atoms with E-state index in [-0.39, 0.29) is 12.6 Å². The van der Waals surface area contributed by atoms with Crippen LogP contribution in [0.1, 0.15) is 16.8 Å². The summed E-state index contributed by atoms with van der Waals surface area (Å²) in [6, 6.07) is 17.8. The van der Waals surface area contributed by atoms with Crippen molar-refractivity contribution < 1.29 is 14.7 Å². The number of hydrogen-bond acceptors (Lipinski definition) is 2. The number of benzene rings is 2. The summed E-state index contributed by atoms with van der Waals surface area (Å²) in [7, 11) is 0. The van der Waals surface area contributed by atoms with Gasteiger partial charge in [0.05, 0.1) is 0 Å². The Labute approximate surface area is 163 Å². The highest BCUT2D eigenvalue weighted by Crippen LogP contribution is 2.30. The molecule has 0 radical (unpaired) electrons. The number of para-hydroxylation sites is 1. The van der Waals surface area contributed by atoms with Crippen molar-refractivity contribution in [2.75, 3.05) is 13.1 Å². The lowest BCUT2D eigenvalue weighted by Crippen LogP contribution is -2.43. The average molecular weight is 377 g/mol. The van der Waals surface area contributed by atoms with Gasteiger partial charge in [0.25, 0.3) is 0 Å². The topological polar surface area (TPSA) is 74.6 Å². The van der Waals surface area contributed by atoms with Gasteiger partial charge in [-0.3, -0.25) is 4.79 Å². The Morgan fingerprint density at radius 3 is 2.57 bits per heavy atom. The van der Waals surface area contributed by atoms with Crippen molar-refractivity contribution in [2.45, 2.75) is 25.9 Å². The maximum absolute atomic E-state index is 12.6. The summed E-state index contributed by atoms with van der Waals surface area (Å²) in [5, 5.41) is 13.3. The Balaban J connectivity index is 1.48. The van der Waals surface area contributed by atoms with E-state index < -0.39 is 5.97 Å². The van der Waals surface area contributed by atoms with Gasteiger partial charge in [-0.15, -0.1) is 0 Å². The van der Waals surface area contributed by atoms with Crippen LogP contribution in [0.3, 0.4) is 0 Å². The normalized spacial score (nSPS) is 13.4. The molecule has 1 aromatic heterocycles. The van der Waals surface area contributed by atoms with Gasteiger partial charge >= 0.3 is 12.0 Å². The van der Waals surface area contributed by atoms with Gasteiger partial charge in [0.2, 0.25) is 0 Å². The average Bonchev–Trinajstić information content (AvgIpc) is 3.01. The fourth-order valence-electron chi connectivity index (χ4n) is 3.96. The number of carbonyl (C=O) groups excluding carboxylic acids is 1. The van der Waals surface area contributed by atoms with Crippen LogP contribution in [0.5, 0.6) is 0 Å². The molecule has 0 saturated heterocycles. The van der Waals surface area contributed by atoms with Crippen molar-refractivity contribution in [3.8, 4) is 0 Å². The molecular weight excluding hydrogens is 354 g/mol. The molecule has 0 spiro atoms. The van der Waals surface area contributed by atoms with Crippen molar-refractivity contribution in [1.29, 1.82) is 0 Å². The molecule has 1 aliphatic rings. The fraction of sp³-hybridized carbons (Fsp3) is 0.273. The lowest BCUT2D eigenvalue weighted by atomic mass is 10.0. The predicted octanol–water partition coefficient (Wildman–Crippen LogP) is 3.04. The molecule has 2 amide bonds. The highest BCUT2D eigenvalue weighted by Gasteiger charge is 2.26. The van der Waals surface area contributed by atoms with Crippen LogP contribution in [0, 0.1) is 0 Å². The zero-order valence-corrected chi connectivity index (χ0v) is 15.6. The van der Waals surface area contributed by atoms with Gasteiger partial charge < -0.3 is 19.9 Å². The van der Waals surface area contributed by atoms with Crippen LogP contribution >= 0.6 is 0 Å². The Bertz CT molecular complexity index is 1010. The number of carbonyl (C=O) groups is 2. The highest BCUT2D eigenvalue weighted by molar-refractivity contribution is 5.88. The first-order chi connectivity index (χ1) is 13.6. The quantitative estimate of drug-likeness (QED) is 0.718. The lowest BCUT2D eigenvalue weighted by molar-refractivity contribution is -0.137. The summed E-state index contributed by atoms with van der Waals surface area (Å²) in [5.74, 6) is -0.857. The maximum atomic E-state index is 12.6. The van der Waals surface area contributed by atoms with Crippen LogP contribution in [-0.4, -0.2) is 39.7 Å². The Morgan fingerprint density at radius 1 is 1.04 bits per heavy atom. The van der Waals surface area contributed by atoms with Crippen molar-refractivity contribution in [2.24, 2.45) is 0 Å². The van der Waals surface area contributed by atoms with Crippen molar-refractivity contribution in [3.05, 3.63) is 71.4 Å². The number of hydrogen-bond donors (Lipinski definition) is 2. The molecule has 2 heterocycles. The van der Waals surface area contributed by atoms with Crippen LogP contribution in [0.15, 0.2) is 54.6 Å². The second-order valence-corrected chi connectivity index (χ2v) is 7.06. The molecule has 4 rings (SSSR count). The lowest BCUT2D eigenvalue weighted by Gasteiger charge is -2.28. The number of aliphatic carboxylic acids is 1. The first-order valence-electron chi connectivity index (χ1n) is 9.51. The van der Waals surface area contributed by atoms with Crippen LogP contribution in [0.25, 0.3) is 10.9 Å². The Hall–Kier alpha value is -3.28. The van der Waals surface area contributed by atoms with Crippen LogP contribution in [0.4, 0.5) is 4.79 Å². The minimum atomic E-state index is -0.857. The van der Waals surface area contributed by atoms with Gasteiger partial charge in [-0.05, 0) is 18.1 Å². The van der Waals surface area contributed by atoms with Crippen LogP contribution < -0.4 is 5.32 Å². The number of amides is 2. The predicted molar refractivity (Wildman–Crippen MR) is 107 cm³/mol. The minimum absolute atomic E-state index is 0.0564. The minimum Gasteiger partial charge on any atom is -0.480 e. The van der Waals surface area contributed by atoms with E-state index in [1.54, 1.807) is 0 Å². The molecule has 0 aliphatic carbocycles. The summed E-state index contributed by atoms with van der Waals surface area (Å²) >= 11 is 0. The second-order valence-electron chi connectivity index (χ2n) is 7.06. The van der Waals surface area contributed by atoms with Crippen molar-refractivity contribution in [3.63, 3.8) is 0 Å². The third kappa shape index (κ3) is 3.58. The SMILES string of the molecule is O=C(O)Cn1c2c(c3ccccc31)CN(C(=O)NCCc1ccccc1)CC2. The zero-order chi connectivity index (χ0) is 19.5. The van der Waals surface area contributed by atoms with Crippen molar-refractivity contribution >= 4 is 22.9 Å². The molecule has 0 fully saturated rings. The molecule has 1 aliphatic heterocycles. The standard InChI is InChI=1S/C22H23N3O3/c26-21(27)15-25-19-9-5-4-8-17(19)18-14-24(13-11-20(18)25)22(28)23-12-10-16-6-2-1-3-7-16/h1-9H,10-15H2,(H,23,28)(H,26,27). The number of rotatable bonds is 5. The Kier molecular flexibility index (Phi) is 5.02. The number of aromatic nitrogens is 1. The first kappa shape index (κ1) is 18.1. The highest BCUT2D eigenvalue weighted by atomic mass is 16.4. The zero-order valence-electron chi connectivity index (χ0n) is 15.6. The van der Waals surface area contributed by atoms with E-state index in [2.05, 4.69) is 17.4 Å². The Morgan fingerprint density at radius 2 is 1.79 bits per heavy atom. The third-order valence-corrected chi connectivity index (χ3v) is 5.27. The summed E-state index contributed by atoms with van der Waals surface area (Å²) in [5.41, 5.74) is 4.19. The number of nitrogens with one attached hydrogen (secondary N) is 1. The van der Waals surface area contributed by atoms with Gasteiger partial charge in [0.1, 0.15) is 6.54 Å². The largest absolute Gasteiger partial charge is 0.480 e. The molecule has 28 heavy (non-hydrogen) atoms. The second kappa shape index (κ2) is 7.76. The molecule has 2 N–H and O–H groups in total. The third-order valence-electron chi connectivity index (χ3n) is 5.27. The van der Waals surface area contributed by atoms with Gasteiger partial charge in [-0.2, -0.15) is 0 Å². The summed E-state index contributed by atoms with van der Waals surface area (Å²) in [6.45, 7) is 1.62. The molecule has 2 aromatic carbocycles. The van der Waals surface area contributed by atoms with Gasteiger partial charge in [0, 0.05) is 48.2 Å². The van der Waals surface area contributed by atoms with Gasteiger partial charge in [-0.1, -0.05) is 48.5 Å². The van der Waals surface area contributed by atoms with E-state index in [4.69, 9.17) is 0 Å². The number of nitrogens with zero attached hydrogens (tertiary/aromatic N) is 2. The van der Waals surface area contributed by atoms with Crippen LogP contribution in [-0.2, 0) is 30.7 Å². The van der Waals surface area contributed by atoms with E-state index in [9.17, 15) is 14.7 Å². The van der Waals surface area contributed by atoms with E-state index in [0.29, 0.717) is 26.1 Å². The molecule has 144 valence electrons. The van der Waals surface area contributed by atoms with Gasteiger partial charge in [0.15, 0.2) is 0 Å². The molecule has 3 aromatic rings. The van der Waals surface area contributed by atoms with E-state index in [1.807, 2.05) is 51.9 Å². The number of carboxylic acids is 1. The fourth-order valence-corrected chi connectivity index (χ4v) is 3.96. The molecule has 6 heteroatoms. The molecular formula is C22H23N3O3. The first-order valence-corrected chi connectivity index (χ1v) is 9.51. The summed E-state index contributed by atoms with van der Waals surface area (Å²) in [4.78, 5) is 25.8. The van der Waals surface area contributed by atoms with E-state index in [1.165, 1.54) is 5.56 Å². The summed E-state index contributed by atoms with van der Waals surface area (Å²) in [6.07, 6.45) is 1.45. The number of urea groups is 1.